The molecule has 1 heterocycles. The predicted octanol–water partition coefficient (Wildman–Crippen LogP) is 3.05. The molecule has 0 spiro atoms. The van der Waals surface area contributed by atoms with Gasteiger partial charge >= 0.3 is 0 Å². The van der Waals surface area contributed by atoms with E-state index in [-0.39, 0.29) is 5.91 Å². The van der Waals surface area contributed by atoms with Crippen LogP contribution in [0.25, 0.3) is 0 Å². The van der Waals surface area contributed by atoms with Crippen molar-refractivity contribution >= 4 is 27.5 Å². The van der Waals surface area contributed by atoms with Crippen molar-refractivity contribution in [3.8, 4) is 0 Å². The minimum absolute atomic E-state index is 0.150. The van der Waals surface area contributed by atoms with Crippen LogP contribution in [0.4, 0.5) is 5.69 Å². The van der Waals surface area contributed by atoms with Crippen LogP contribution in [0.2, 0.25) is 0 Å². The zero-order chi connectivity index (χ0) is 13.3. The SMILES string of the molecule is Cc1cc(C(=O)Nc2ccc(Br)cc2C)n(C)n1. The molecule has 1 N–H and O–H groups in total. The Morgan fingerprint density at radius 2 is 2.06 bits per heavy atom. The maximum Gasteiger partial charge on any atom is 0.273 e. The zero-order valence-electron chi connectivity index (χ0n) is 10.5. The number of hydrogen-bond donors (Lipinski definition) is 1. The number of carbonyl (C=O) groups is 1. The Kier molecular flexibility index (Phi) is 3.52. The second-order valence-corrected chi connectivity index (χ2v) is 5.12. The topological polar surface area (TPSA) is 46.9 Å². The van der Waals surface area contributed by atoms with Crippen LogP contribution in [-0.4, -0.2) is 15.7 Å². The average molecular weight is 308 g/mol. The first-order chi connectivity index (χ1) is 8.47. The first-order valence-electron chi connectivity index (χ1n) is 5.55. The van der Waals surface area contributed by atoms with Gasteiger partial charge in [-0.25, -0.2) is 0 Å². The van der Waals surface area contributed by atoms with Crippen molar-refractivity contribution in [3.63, 3.8) is 0 Å². The van der Waals surface area contributed by atoms with Crippen LogP contribution in [0.1, 0.15) is 21.7 Å². The van der Waals surface area contributed by atoms with E-state index in [2.05, 4.69) is 26.3 Å². The Bertz CT molecular complexity index is 604. The van der Waals surface area contributed by atoms with Crippen LogP contribution in [-0.2, 0) is 7.05 Å². The van der Waals surface area contributed by atoms with Crippen molar-refractivity contribution in [2.75, 3.05) is 5.32 Å². The van der Waals surface area contributed by atoms with Crippen molar-refractivity contribution in [1.82, 2.24) is 9.78 Å². The molecule has 94 valence electrons. The first kappa shape index (κ1) is 12.8. The molecular weight excluding hydrogens is 294 g/mol. The lowest BCUT2D eigenvalue weighted by molar-refractivity contribution is 0.101. The van der Waals surface area contributed by atoms with Crippen LogP contribution in [0.5, 0.6) is 0 Å². The Labute approximate surface area is 114 Å². The van der Waals surface area contributed by atoms with Gasteiger partial charge in [-0.15, -0.1) is 0 Å². The summed E-state index contributed by atoms with van der Waals surface area (Å²) in [7, 11) is 1.76. The number of carbonyl (C=O) groups excluding carboxylic acids is 1. The summed E-state index contributed by atoms with van der Waals surface area (Å²) in [4.78, 5) is 12.1. The third-order valence-electron chi connectivity index (χ3n) is 2.67. The Balaban J connectivity index is 2.24. The lowest BCUT2D eigenvalue weighted by Crippen LogP contribution is -2.16. The molecule has 0 aliphatic rings. The molecule has 1 aromatic carbocycles. The van der Waals surface area contributed by atoms with E-state index in [1.165, 1.54) is 0 Å². The molecule has 1 aromatic heterocycles. The van der Waals surface area contributed by atoms with Gasteiger partial charge in [0.2, 0.25) is 0 Å². The summed E-state index contributed by atoms with van der Waals surface area (Å²) in [6, 6.07) is 7.51. The number of hydrogen-bond acceptors (Lipinski definition) is 2. The summed E-state index contributed by atoms with van der Waals surface area (Å²) in [6.45, 7) is 3.82. The van der Waals surface area contributed by atoms with Gasteiger partial charge in [-0.3, -0.25) is 9.48 Å². The van der Waals surface area contributed by atoms with Gasteiger partial charge in [0, 0.05) is 17.2 Å². The molecule has 0 unspecified atom stereocenters. The summed E-state index contributed by atoms with van der Waals surface area (Å²) in [6.07, 6.45) is 0. The number of amides is 1. The standard InChI is InChI=1S/C13H14BrN3O/c1-8-6-10(14)4-5-11(8)15-13(18)12-7-9(2)16-17(12)3/h4-7H,1-3H3,(H,15,18). The van der Waals surface area contributed by atoms with Gasteiger partial charge < -0.3 is 5.32 Å². The molecule has 0 radical (unpaired) electrons. The van der Waals surface area contributed by atoms with Gasteiger partial charge in [-0.1, -0.05) is 15.9 Å². The maximum atomic E-state index is 12.1. The lowest BCUT2D eigenvalue weighted by atomic mass is 10.2. The van der Waals surface area contributed by atoms with Crippen molar-refractivity contribution in [3.05, 3.63) is 45.7 Å². The van der Waals surface area contributed by atoms with E-state index >= 15 is 0 Å². The first-order valence-corrected chi connectivity index (χ1v) is 6.35. The third-order valence-corrected chi connectivity index (χ3v) is 3.16. The number of halogens is 1. The van der Waals surface area contributed by atoms with E-state index in [0.717, 1.165) is 21.4 Å². The molecule has 0 fully saturated rings. The van der Waals surface area contributed by atoms with Crippen LogP contribution >= 0.6 is 15.9 Å². The molecule has 0 saturated carbocycles. The number of nitrogens with one attached hydrogen (secondary N) is 1. The van der Waals surface area contributed by atoms with Crippen LogP contribution in [0.3, 0.4) is 0 Å². The Hall–Kier alpha value is -1.62. The second-order valence-electron chi connectivity index (χ2n) is 4.21. The summed E-state index contributed by atoms with van der Waals surface area (Å²) < 4.78 is 2.58. The molecule has 2 rings (SSSR count). The second kappa shape index (κ2) is 4.94. The smallest absolute Gasteiger partial charge is 0.273 e. The summed E-state index contributed by atoms with van der Waals surface area (Å²) in [5.74, 6) is -0.150. The Morgan fingerprint density at radius 3 is 2.61 bits per heavy atom. The molecule has 0 aliphatic carbocycles. The number of nitrogens with zero attached hydrogens (tertiary/aromatic N) is 2. The highest BCUT2D eigenvalue weighted by Crippen LogP contribution is 2.20. The molecule has 2 aromatic rings. The highest BCUT2D eigenvalue weighted by molar-refractivity contribution is 9.10. The van der Waals surface area contributed by atoms with Gasteiger partial charge in [0.1, 0.15) is 5.69 Å². The number of aromatic nitrogens is 2. The molecule has 0 aliphatic heterocycles. The van der Waals surface area contributed by atoms with Gasteiger partial charge in [-0.05, 0) is 43.7 Å². The fraction of sp³-hybridized carbons (Fsp3) is 0.231. The van der Waals surface area contributed by atoms with E-state index in [4.69, 9.17) is 0 Å². The number of anilines is 1. The quantitative estimate of drug-likeness (QED) is 0.927. The van der Waals surface area contributed by atoms with Gasteiger partial charge in [0.05, 0.1) is 5.69 Å². The molecule has 0 bridgehead atoms. The average Bonchev–Trinajstić information content (AvgIpc) is 2.62. The number of aryl methyl sites for hydroxylation is 3. The minimum atomic E-state index is -0.150. The zero-order valence-corrected chi connectivity index (χ0v) is 12.1. The maximum absolute atomic E-state index is 12.1. The van der Waals surface area contributed by atoms with Gasteiger partial charge in [0.15, 0.2) is 0 Å². The van der Waals surface area contributed by atoms with Gasteiger partial charge in [0.25, 0.3) is 5.91 Å². The predicted molar refractivity (Wildman–Crippen MR) is 74.8 cm³/mol. The fourth-order valence-corrected chi connectivity index (χ4v) is 2.25. The molecule has 0 atom stereocenters. The molecule has 1 amide bonds. The van der Waals surface area contributed by atoms with Crippen LogP contribution < -0.4 is 5.32 Å². The van der Waals surface area contributed by atoms with Gasteiger partial charge in [-0.2, -0.15) is 5.10 Å². The Morgan fingerprint density at radius 1 is 1.33 bits per heavy atom. The van der Waals surface area contributed by atoms with Crippen molar-refractivity contribution in [1.29, 1.82) is 0 Å². The molecule has 18 heavy (non-hydrogen) atoms. The molecular formula is C13H14BrN3O. The lowest BCUT2D eigenvalue weighted by Gasteiger charge is -2.08. The number of benzene rings is 1. The highest BCUT2D eigenvalue weighted by Gasteiger charge is 2.12. The van der Waals surface area contributed by atoms with E-state index in [1.54, 1.807) is 17.8 Å². The van der Waals surface area contributed by atoms with E-state index in [9.17, 15) is 4.79 Å². The van der Waals surface area contributed by atoms with Crippen molar-refractivity contribution in [2.24, 2.45) is 7.05 Å². The van der Waals surface area contributed by atoms with Crippen LogP contribution in [0.15, 0.2) is 28.7 Å². The normalized spacial score (nSPS) is 10.4. The fourth-order valence-electron chi connectivity index (χ4n) is 1.78. The van der Waals surface area contributed by atoms with Crippen molar-refractivity contribution in [2.45, 2.75) is 13.8 Å². The van der Waals surface area contributed by atoms with E-state index in [0.29, 0.717) is 5.69 Å². The molecule has 0 saturated heterocycles. The van der Waals surface area contributed by atoms with E-state index < -0.39 is 0 Å². The molecule has 4 nitrogen and oxygen atoms in total. The summed E-state index contributed by atoms with van der Waals surface area (Å²) in [5.41, 5.74) is 3.20. The highest BCUT2D eigenvalue weighted by atomic mass is 79.9. The largest absolute Gasteiger partial charge is 0.320 e. The monoisotopic (exact) mass is 307 g/mol. The van der Waals surface area contributed by atoms with Crippen LogP contribution in [0, 0.1) is 13.8 Å². The summed E-state index contributed by atoms with van der Waals surface area (Å²) in [5, 5.41) is 7.05. The minimum Gasteiger partial charge on any atom is -0.320 e. The number of rotatable bonds is 2. The summed E-state index contributed by atoms with van der Waals surface area (Å²) >= 11 is 3.40. The van der Waals surface area contributed by atoms with Crippen molar-refractivity contribution < 1.29 is 4.79 Å². The van der Waals surface area contributed by atoms with E-state index in [1.807, 2.05) is 32.0 Å². The molecule has 5 heteroatoms. The third kappa shape index (κ3) is 2.61.